The molecule has 0 unspecified atom stereocenters. The lowest BCUT2D eigenvalue weighted by atomic mass is 9.99. The second-order valence-corrected chi connectivity index (χ2v) is 4.52. The molecule has 1 saturated heterocycles. The minimum atomic E-state index is 0.720. The molecular formula is C11H17N3. The first-order chi connectivity index (χ1) is 6.95. The molecule has 14 heavy (non-hydrogen) atoms. The van der Waals surface area contributed by atoms with Crippen LogP contribution in [0.1, 0.15) is 43.3 Å². The second-order valence-electron chi connectivity index (χ2n) is 4.52. The third-order valence-electron chi connectivity index (χ3n) is 3.61. The molecule has 0 atom stereocenters. The molecule has 3 rings (SSSR count). The number of aromatic nitrogens is 2. The number of rotatable bonds is 2. The van der Waals surface area contributed by atoms with E-state index in [9.17, 15) is 0 Å². The Balaban J connectivity index is 1.85. The Bertz CT molecular complexity index is 308. The van der Waals surface area contributed by atoms with E-state index in [0.717, 1.165) is 25.0 Å². The largest absolute Gasteiger partial charge is 0.331 e. The Morgan fingerprint density at radius 3 is 2.71 bits per heavy atom. The van der Waals surface area contributed by atoms with Crippen molar-refractivity contribution in [3.8, 4) is 0 Å². The van der Waals surface area contributed by atoms with Crippen molar-refractivity contribution in [3.63, 3.8) is 0 Å². The van der Waals surface area contributed by atoms with E-state index in [1.807, 2.05) is 6.33 Å². The van der Waals surface area contributed by atoms with Crippen molar-refractivity contribution >= 4 is 0 Å². The minimum absolute atomic E-state index is 0.720. The van der Waals surface area contributed by atoms with Gasteiger partial charge in [0.2, 0.25) is 0 Å². The summed E-state index contributed by atoms with van der Waals surface area (Å²) in [4.78, 5) is 4.30. The van der Waals surface area contributed by atoms with E-state index in [-0.39, 0.29) is 0 Å². The van der Waals surface area contributed by atoms with Crippen LogP contribution in [0.15, 0.2) is 12.5 Å². The summed E-state index contributed by atoms with van der Waals surface area (Å²) in [5.41, 5.74) is 1.45. The van der Waals surface area contributed by atoms with Gasteiger partial charge in [0.05, 0.1) is 6.33 Å². The van der Waals surface area contributed by atoms with E-state index in [1.165, 1.54) is 31.4 Å². The molecule has 2 aliphatic rings. The SMILES string of the molecule is c1ncn(C2CCCC2)c1C1CNC1. The molecule has 1 N–H and O–H groups in total. The monoisotopic (exact) mass is 191 g/mol. The van der Waals surface area contributed by atoms with Crippen LogP contribution < -0.4 is 5.32 Å². The summed E-state index contributed by atoms with van der Waals surface area (Å²) in [7, 11) is 0. The van der Waals surface area contributed by atoms with Crippen molar-refractivity contribution in [1.29, 1.82) is 0 Å². The fourth-order valence-corrected chi connectivity index (χ4v) is 2.62. The van der Waals surface area contributed by atoms with E-state index >= 15 is 0 Å². The Morgan fingerprint density at radius 1 is 1.29 bits per heavy atom. The highest BCUT2D eigenvalue weighted by Gasteiger charge is 2.26. The summed E-state index contributed by atoms with van der Waals surface area (Å²) in [5, 5.41) is 3.33. The number of hydrogen-bond acceptors (Lipinski definition) is 2. The summed E-state index contributed by atoms with van der Waals surface area (Å²) in [6, 6.07) is 0.744. The van der Waals surface area contributed by atoms with Crippen molar-refractivity contribution in [2.45, 2.75) is 37.6 Å². The van der Waals surface area contributed by atoms with Gasteiger partial charge in [-0.3, -0.25) is 0 Å². The van der Waals surface area contributed by atoms with Gasteiger partial charge in [-0.15, -0.1) is 0 Å². The first-order valence-electron chi connectivity index (χ1n) is 5.67. The van der Waals surface area contributed by atoms with Crippen LogP contribution in [0, 0.1) is 0 Å². The molecular weight excluding hydrogens is 174 g/mol. The van der Waals surface area contributed by atoms with Crippen LogP contribution in [0.3, 0.4) is 0 Å². The van der Waals surface area contributed by atoms with Crippen molar-refractivity contribution in [3.05, 3.63) is 18.2 Å². The van der Waals surface area contributed by atoms with E-state index in [2.05, 4.69) is 21.1 Å². The van der Waals surface area contributed by atoms with Crippen LogP contribution in [0.25, 0.3) is 0 Å². The van der Waals surface area contributed by atoms with Crippen LogP contribution >= 0.6 is 0 Å². The first-order valence-corrected chi connectivity index (χ1v) is 5.67. The lowest BCUT2D eigenvalue weighted by molar-refractivity contribution is 0.401. The Labute approximate surface area is 84.5 Å². The van der Waals surface area contributed by atoms with Gasteiger partial charge >= 0.3 is 0 Å². The Morgan fingerprint density at radius 2 is 2.07 bits per heavy atom. The molecule has 0 radical (unpaired) electrons. The molecule has 76 valence electrons. The van der Waals surface area contributed by atoms with Crippen molar-refractivity contribution < 1.29 is 0 Å². The van der Waals surface area contributed by atoms with Gasteiger partial charge < -0.3 is 9.88 Å². The molecule has 0 bridgehead atoms. The second kappa shape index (κ2) is 3.39. The quantitative estimate of drug-likeness (QED) is 0.771. The van der Waals surface area contributed by atoms with E-state index in [0.29, 0.717) is 0 Å². The summed E-state index contributed by atoms with van der Waals surface area (Å²) in [5.74, 6) is 0.720. The fraction of sp³-hybridized carbons (Fsp3) is 0.727. The maximum absolute atomic E-state index is 4.30. The highest BCUT2D eigenvalue weighted by atomic mass is 15.1. The van der Waals surface area contributed by atoms with Crippen LogP contribution in [0.5, 0.6) is 0 Å². The van der Waals surface area contributed by atoms with Gasteiger partial charge in [0, 0.05) is 36.9 Å². The molecule has 1 saturated carbocycles. The van der Waals surface area contributed by atoms with Crippen LogP contribution in [-0.2, 0) is 0 Å². The smallest absolute Gasteiger partial charge is 0.0950 e. The van der Waals surface area contributed by atoms with Gasteiger partial charge in [-0.25, -0.2) is 4.98 Å². The topological polar surface area (TPSA) is 29.9 Å². The maximum atomic E-state index is 4.30. The molecule has 0 amide bonds. The lowest BCUT2D eigenvalue weighted by Crippen LogP contribution is -2.41. The van der Waals surface area contributed by atoms with Gasteiger partial charge in [-0.2, -0.15) is 0 Å². The Hall–Kier alpha value is -0.830. The molecule has 2 heterocycles. The van der Waals surface area contributed by atoms with Crippen molar-refractivity contribution in [1.82, 2.24) is 14.9 Å². The van der Waals surface area contributed by atoms with E-state index < -0.39 is 0 Å². The van der Waals surface area contributed by atoms with E-state index in [1.54, 1.807) is 0 Å². The van der Waals surface area contributed by atoms with Crippen LogP contribution in [0.4, 0.5) is 0 Å². The molecule has 2 fully saturated rings. The maximum Gasteiger partial charge on any atom is 0.0950 e. The van der Waals surface area contributed by atoms with E-state index in [4.69, 9.17) is 0 Å². The van der Waals surface area contributed by atoms with Crippen LogP contribution in [-0.4, -0.2) is 22.6 Å². The number of nitrogens with one attached hydrogen (secondary N) is 1. The molecule has 1 aromatic rings. The molecule has 0 aromatic carbocycles. The standard InChI is InChI=1S/C11H17N3/c1-2-4-10(3-1)14-8-13-7-11(14)9-5-12-6-9/h7-10,12H,1-6H2. The summed E-state index contributed by atoms with van der Waals surface area (Å²) in [6.07, 6.45) is 9.58. The van der Waals surface area contributed by atoms with Gasteiger partial charge in [0.1, 0.15) is 0 Å². The number of imidazole rings is 1. The highest BCUT2D eigenvalue weighted by molar-refractivity contribution is 5.13. The summed E-state index contributed by atoms with van der Waals surface area (Å²) in [6.45, 7) is 2.27. The third kappa shape index (κ3) is 1.27. The average molecular weight is 191 g/mol. The fourth-order valence-electron chi connectivity index (χ4n) is 2.62. The normalized spacial score (nSPS) is 24.0. The Kier molecular flexibility index (Phi) is 2.05. The minimum Gasteiger partial charge on any atom is -0.331 e. The third-order valence-corrected chi connectivity index (χ3v) is 3.61. The zero-order chi connectivity index (χ0) is 9.38. The predicted molar refractivity (Wildman–Crippen MR) is 55.3 cm³/mol. The van der Waals surface area contributed by atoms with Crippen molar-refractivity contribution in [2.24, 2.45) is 0 Å². The summed E-state index contributed by atoms with van der Waals surface area (Å²) < 4.78 is 2.43. The first kappa shape index (κ1) is 8.48. The molecule has 0 spiro atoms. The summed E-state index contributed by atoms with van der Waals surface area (Å²) >= 11 is 0. The van der Waals surface area contributed by atoms with Gasteiger partial charge in [0.25, 0.3) is 0 Å². The molecule has 3 heteroatoms. The number of hydrogen-bond donors (Lipinski definition) is 1. The number of nitrogens with zero attached hydrogens (tertiary/aromatic N) is 2. The average Bonchev–Trinajstić information content (AvgIpc) is 2.66. The van der Waals surface area contributed by atoms with Gasteiger partial charge in [-0.1, -0.05) is 12.8 Å². The zero-order valence-corrected chi connectivity index (χ0v) is 8.45. The highest BCUT2D eigenvalue weighted by Crippen LogP contribution is 2.32. The van der Waals surface area contributed by atoms with Gasteiger partial charge in [-0.05, 0) is 12.8 Å². The molecule has 1 aliphatic carbocycles. The predicted octanol–water partition coefficient (Wildman–Crippen LogP) is 1.68. The molecule has 1 aromatic heterocycles. The van der Waals surface area contributed by atoms with Crippen molar-refractivity contribution in [2.75, 3.05) is 13.1 Å². The zero-order valence-electron chi connectivity index (χ0n) is 8.45. The van der Waals surface area contributed by atoms with Gasteiger partial charge in [0.15, 0.2) is 0 Å². The molecule has 1 aliphatic heterocycles. The molecule has 3 nitrogen and oxygen atoms in total. The van der Waals surface area contributed by atoms with Crippen LogP contribution in [0.2, 0.25) is 0 Å². The lowest BCUT2D eigenvalue weighted by Gasteiger charge is -2.29.